The Balaban J connectivity index is 1.90. The van der Waals surface area contributed by atoms with Gasteiger partial charge in [0.15, 0.2) is 17.3 Å². The summed E-state index contributed by atoms with van der Waals surface area (Å²) in [4.78, 5) is 37.4. The molecule has 234 valence electrons. The zero-order valence-electron chi connectivity index (χ0n) is 26.3. The first kappa shape index (κ1) is 32.8. The van der Waals surface area contributed by atoms with Crippen molar-refractivity contribution in [3.8, 4) is 40.0 Å². The molecule has 1 atom stereocenters. The highest BCUT2D eigenvalue weighted by molar-refractivity contribution is 7.93. The van der Waals surface area contributed by atoms with E-state index in [2.05, 4.69) is 20.6 Å². The summed E-state index contributed by atoms with van der Waals surface area (Å²) >= 11 is 0. The van der Waals surface area contributed by atoms with Crippen LogP contribution in [0.1, 0.15) is 47.1 Å². The maximum Gasteiger partial charge on any atom is 0.425 e. The zero-order chi connectivity index (χ0) is 33.2. The van der Waals surface area contributed by atoms with Crippen LogP contribution < -0.4 is 4.90 Å². The molecule has 4 rings (SSSR count). The van der Waals surface area contributed by atoms with Crippen molar-refractivity contribution >= 4 is 27.7 Å². The van der Waals surface area contributed by atoms with Crippen molar-refractivity contribution in [1.82, 2.24) is 15.1 Å². The maximum atomic E-state index is 13.5. The van der Waals surface area contributed by atoms with Crippen LogP contribution in [0.25, 0.3) is 34.0 Å². The lowest BCUT2D eigenvalue weighted by atomic mass is 10.1. The summed E-state index contributed by atoms with van der Waals surface area (Å²) in [5.74, 6) is -0.114. The summed E-state index contributed by atoms with van der Waals surface area (Å²) in [6, 6.07) is 17.2. The summed E-state index contributed by atoms with van der Waals surface area (Å²) in [7, 11) is -1.06. The molecule has 2 heterocycles. The number of amides is 2. The van der Waals surface area contributed by atoms with Gasteiger partial charge in [-0.15, -0.1) is 0 Å². The number of nitriles is 1. The number of aromatic nitrogens is 3. The summed E-state index contributed by atoms with van der Waals surface area (Å²) in [6.07, 6.45) is 0.877. The van der Waals surface area contributed by atoms with Crippen LogP contribution in [-0.4, -0.2) is 56.0 Å². The lowest BCUT2D eigenvalue weighted by molar-refractivity contribution is 0.0429. The number of hydrogen-bond acceptors (Lipinski definition) is 11. The Labute approximate surface area is 262 Å². The number of hydrogen-bond donors (Lipinski definition) is 0. The first-order valence-electron chi connectivity index (χ1n) is 13.8. The monoisotopic (exact) mass is 630 g/mol. The molecule has 0 saturated carbocycles. The number of anilines is 1. The second-order valence-electron chi connectivity index (χ2n) is 12.0. The van der Waals surface area contributed by atoms with E-state index in [4.69, 9.17) is 24.2 Å². The van der Waals surface area contributed by atoms with E-state index in [9.17, 15) is 13.8 Å². The molecule has 1 unspecified atom stereocenters. The SMILES string of the molecule is CN=S(C)(=O)c1ccc(-c2cnc(N(C(=O)OC(C)(C)C)C(=O)OC(C)(C)C)c(-c3cc(-c4ccc(C#N)cc4)no3)n2)cc1. The molecule has 2 aromatic heterocycles. The van der Waals surface area contributed by atoms with Crippen LogP contribution in [0.15, 0.2) is 74.6 Å². The van der Waals surface area contributed by atoms with Crippen LogP contribution in [0.3, 0.4) is 0 Å². The highest BCUT2D eigenvalue weighted by Crippen LogP contribution is 2.34. The van der Waals surface area contributed by atoms with Crippen LogP contribution in [0.2, 0.25) is 0 Å². The van der Waals surface area contributed by atoms with Gasteiger partial charge in [-0.3, -0.25) is 0 Å². The number of carbonyl (C=O) groups is 2. The van der Waals surface area contributed by atoms with Crippen molar-refractivity contribution in [2.24, 2.45) is 4.36 Å². The molecule has 4 aromatic rings. The second-order valence-corrected chi connectivity index (χ2v) is 14.4. The molecular formula is C32H34N6O6S. The predicted octanol–water partition coefficient (Wildman–Crippen LogP) is 7.10. The molecule has 2 amide bonds. The van der Waals surface area contributed by atoms with E-state index in [0.29, 0.717) is 37.9 Å². The van der Waals surface area contributed by atoms with E-state index < -0.39 is 33.1 Å². The van der Waals surface area contributed by atoms with Gasteiger partial charge in [-0.2, -0.15) is 10.2 Å². The quantitative estimate of drug-likeness (QED) is 0.222. The van der Waals surface area contributed by atoms with Crippen molar-refractivity contribution in [1.29, 1.82) is 5.26 Å². The smallest absolute Gasteiger partial charge is 0.425 e. The van der Waals surface area contributed by atoms with Crippen molar-refractivity contribution in [3.63, 3.8) is 0 Å². The van der Waals surface area contributed by atoms with Crippen LogP contribution in [0.4, 0.5) is 15.4 Å². The summed E-state index contributed by atoms with van der Waals surface area (Å²) < 4.78 is 33.5. The molecule has 0 fully saturated rings. The number of ether oxygens (including phenoxy) is 2. The van der Waals surface area contributed by atoms with Crippen molar-refractivity contribution in [3.05, 3.63) is 66.4 Å². The highest BCUT2D eigenvalue weighted by atomic mass is 32.2. The third kappa shape index (κ3) is 7.90. The Morgan fingerprint density at radius 2 is 1.44 bits per heavy atom. The van der Waals surface area contributed by atoms with E-state index in [0.717, 1.165) is 0 Å². The molecule has 0 spiro atoms. The van der Waals surface area contributed by atoms with Crippen molar-refractivity contribution in [2.75, 3.05) is 18.2 Å². The second kappa shape index (κ2) is 12.5. The Morgan fingerprint density at radius 1 is 0.911 bits per heavy atom. The topological polar surface area (TPSA) is 161 Å². The minimum Gasteiger partial charge on any atom is -0.443 e. The van der Waals surface area contributed by atoms with Crippen molar-refractivity contribution in [2.45, 2.75) is 57.6 Å². The molecule has 0 N–H and O–H groups in total. The Hall–Kier alpha value is -5.09. The van der Waals surface area contributed by atoms with E-state index in [1.165, 1.54) is 13.2 Å². The third-order valence-electron chi connectivity index (χ3n) is 6.11. The average Bonchev–Trinajstić information content (AvgIpc) is 3.46. The first-order chi connectivity index (χ1) is 21.0. The van der Waals surface area contributed by atoms with Gasteiger partial charge in [-0.1, -0.05) is 29.4 Å². The fourth-order valence-electron chi connectivity index (χ4n) is 3.94. The summed E-state index contributed by atoms with van der Waals surface area (Å²) in [6.45, 7) is 9.99. The molecular weight excluding hydrogens is 596 g/mol. The summed E-state index contributed by atoms with van der Waals surface area (Å²) in [5, 5.41) is 13.3. The molecule has 0 radical (unpaired) electrons. The van der Waals surface area contributed by atoms with E-state index >= 15 is 0 Å². The number of imide groups is 1. The molecule has 45 heavy (non-hydrogen) atoms. The van der Waals surface area contributed by atoms with Crippen LogP contribution in [0, 0.1) is 11.3 Å². The molecule has 2 aromatic carbocycles. The van der Waals surface area contributed by atoms with Gasteiger partial charge < -0.3 is 14.0 Å². The average molecular weight is 631 g/mol. The van der Waals surface area contributed by atoms with Gasteiger partial charge >= 0.3 is 12.2 Å². The Morgan fingerprint density at radius 3 is 1.96 bits per heavy atom. The number of carbonyl (C=O) groups excluding carboxylic acids is 2. The molecule has 0 saturated heterocycles. The normalized spacial score (nSPS) is 12.9. The van der Waals surface area contributed by atoms with E-state index in [1.54, 1.807) is 102 Å². The van der Waals surface area contributed by atoms with Crippen LogP contribution in [-0.2, 0) is 19.2 Å². The minimum atomic E-state index is -2.56. The highest BCUT2D eigenvalue weighted by Gasteiger charge is 2.36. The number of rotatable bonds is 5. The van der Waals surface area contributed by atoms with Crippen LogP contribution >= 0.6 is 0 Å². The van der Waals surface area contributed by atoms with E-state index in [1.807, 2.05) is 0 Å². The predicted molar refractivity (Wildman–Crippen MR) is 169 cm³/mol. The largest absolute Gasteiger partial charge is 0.443 e. The van der Waals surface area contributed by atoms with Gasteiger partial charge in [-0.05, 0) is 65.8 Å². The molecule has 0 aliphatic carbocycles. The fraction of sp³-hybridized carbons (Fsp3) is 0.312. The summed E-state index contributed by atoms with van der Waals surface area (Å²) in [5.41, 5.74) is 0.619. The zero-order valence-corrected chi connectivity index (χ0v) is 27.1. The van der Waals surface area contributed by atoms with Gasteiger partial charge in [0.05, 0.1) is 33.3 Å². The molecule has 13 heteroatoms. The molecule has 0 aliphatic heterocycles. The molecule has 12 nitrogen and oxygen atoms in total. The lowest BCUT2D eigenvalue weighted by Gasteiger charge is -2.28. The van der Waals surface area contributed by atoms with Gasteiger partial charge in [0.25, 0.3) is 0 Å². The number of benzene rings is 2. The molecule has 0 bridgehead atoms. The third-order valence-corrected chi connectivity index (χ3v) is 7.95. The standard InChI is InChI=1S/C32H34N6O6S/c1-31(2,3)42-29(39)38(30(40)43-32(4,5)6)28-27(26-17-24(37-44-26)21-11-9-20(18-33)10-12-21)36-25(19-35-28)22-13-15-23(16-14-22)45(8,41)34-7/h9-17,19H,1-8H3. The molecule has 0 aliphatic rings. The Bertz CT molecular complexity index is 1860. The van der Waals surface area contributed by atoms with Gasteiger partial charge in [0.1, 0.15) is 16.9 Å². The van der Waals surface area contributed by atoms with Crippen LogP contribution in [0.5, 0.6) is 0 Å². The maximum absolute atomic E-state index is 13.5. The Kier molecular flexibility index (Phi) is 9.11. The van der Waals surface area contributed by atoms with Gasteiger partial charge in [-0.25, -0.2) is 28.1 Å². The van der Waals surface area contributed by atoms with E-state index in [-0.39, 0.29) is 17.3 Å². The van der Waals surface area contributed by atoms with Gasteiger partial charge in [0.2, 0.25) is 0 Å². The van der Waals surface area contributed by atoms with Gasteiger partial charge in [0, 0.05) is 35.4 Å². The fourth-order valence-corrected chi connectivity index (χ4v) is 4.79. The van der Waals surface area contributed by atoms with Crippen molar-refractivity contribution < 1.29 is 27.8 Å². The first-order valence-corrected chi connectivity index (χ1v) is 15.7. The lowest BCUT2D eigenvalue weighted by Crippen LogP contribution is -2.44. The minimum absolute atomic E-state index is 0.00327. The number of nitrogens with zero attached hydrogens (tertiary/aromatic N) is 6.